The van der Waals surface area contributed by atoms with Gasteiger partial charge in [-0.1, -0.05) is 36.7 Å². The minimum atomic E-state index is 0.536. The van der Waals surface area contributed by atoms with E-state index in [0.717, 1.165) is 10.7 Å². The maximum Gasteiger partial charge on any atom is 0.0182 e. The molecule has 1 rings (SSSR count). The Morgan fingerprint density at radius 3 is 1.75 bits per heavy atom. The summed E-state index contributed by atoms with van der Waals surface area (Å²) in [5, 5.41) is 0. The average Bonchev–Trinajstić information content (AvgIpc) is 2.13. The molecular formula is C7H13Br. The lowest BCUT2D eigenvalue weighted by Crippen LogP contribution is -2.08. The van der Waals surface area contributed by atoms with E-state index in [1.54, 1.807) is 0 Å². The molecular weight excluding hydrogens is 164 g/mol. The highest BCUT2D eigenvalue weighted by atomic mass is 79.9. The fourth-order valence-corrected chi connectivity index (χ4v) is 2.26. The van der Waals surface area contributed by atoms with E-state index in [0.29, 0.717) is 5.41 Å². The number of hydrogen-bond donors (Lipinski definition) is 0. The maximum absolute atomic E-state index is 3.58. The Labute approximate surface area is 59.8 Å². The van der Waals surface area contributed by atoms with Crippen molar-refractivity contribution in [2.75, 3.05) is 0 Å². The monoisotopic (exact) mass is 176 g/mol. The molecule has 0 radical (unpaired) electrons. The highest BCUT2D eigenvalue weighted by Gasteiger charge is 2.43. The molecule has 0 amide bonds. The van der Waals surface area contributed by atoms with Crippen LogP contribution >= 0.6 is 15.9 Å². The van der Waals surface area contributed by atoms with Crippen molar-refractivity contribution in [3.63, 3.8) is 0 Å². The third-order valence-electron chi connectivity index (χ3n) is 1.82. The molecule has 0 nitrogen and oxygen atoms in total. The van der Waals surface area contributed by atoms with Crippen LogP contribution in [0.15, 0.2) is 0 Å². The van der Waals surface area contributed by atoms with Gasteiger partial charge in [-0.2, -0.15) is 0 Å². The van der Waals surface area contributed by atoms with Crippen LogP contribution in [0.4, 0.5) is 0 Å². The summed E-state index contributed by atoms with van der Waals surface area (Å²) in [4.78, 5) is 0.822. The molecule has 1 aliphatic carbocycles. The van der Waals surface area contributed by atoms with Gasteiger partial charge in [-0.25, -0.2) is 0 Å². The summed E-state index contributed by atoms with van der Waals surface area (Å²) in [6.07, 6.45) is 1.38. The van der Waals surface area contributed by atoms with Crippen LogP contribution in [0.5, 0.6) is 0 Å². The zero-order valence-electron chi connectivity index (χ0n) is 5.74. The molecule has 0 saturated heterocycles. The first-order valence-corrected chi connectivity index (χ1v) is 4.07. The Balaban J connectivity index is 2.39. The normalized spacial score (nSPS) is 37.5. The Hall–Kier alpha value is 0.480. The van der Waals surface area contributed by atoms with Crippen LogP contribution in [-0.2, 0) is 0 Å². The van der Waals surface area contributed by atoms with Crippen LogP contribution in [0.3, 0.4) is 0 Å². The molecule has 1 saturated carbocycles. The van der Waals surface area contributed by atoms with Gasteiger partial charge in [0.25, 0.3) is 0 Å². The van der Waals surface area contributed by atoms with Crippen LogP contribution < -0.4 is 0 Å². The zero-order chi connectivity index (χ0) is 6.36. The molecule has 0 aromatic rings. The van der Waals surface area contributed by atoms with E-state index in [1.807, 2.05) is 0 Å². The van der Waals surface area contributed by atoms with Crippen molar-refractivity contribution in [2.45, 2.75) is 32.0 Å². The predicted octanol–water partition coefficient (Wildman–Crippen LogP) is 2.82. The second kappa shape index (κ2) is 1.73. The van der Waals surface area contributed by atoms with E-state index in [2.05, 4.69) is 36.7 Å². The quantitative estimate of drug-likeness (QED) is 0.499. The van der Waals surface area contributed by atoms with Gasteiger partial charge in [-0.15, -0.1) is 0 Å². The van der Waals surface area contributed by atoms with E-state index in [-0.39, 0.29) is 0 Å². The predicted molar refractivity (Wildman–Crippen MR) is 40.3 cm³/mol. The smallest absolute Gasteiger partial charge is 0.0182 e. The third kappa shape index (κ3) is 1.25. The van der Waals surface area contributed by atoms with Gasteiger partial charge in [0.2, 0.25) is 0 Å². The first-order chi connectivity index (χ1) is 3.52. The molecule has 0 aromatic heterocycles. The molecule has 0 aliphatic heterocycles. The van der Waals surface area contributed by atoms with Crippen molar-refractivity contribution in [1.82, 2.24) is 0 Å². The molecule has 0 bridgehead atoms. The molecule has 0 N–H and O–H groups in total. The van der Waals surface area contributed by atoms with Gasteiger partial charge in [0.1, 0.15) is 0 Å². The van der Waals surface area contributed by atoms with Gasteiger partial charge >= 0.3 is 0 Å². The van der Waals surface area contributed by atoms with Gasteiger partial charge in [0, 0.05) is 4.83 Å². The van der Waals surface area contributed by atoms with Crippen LogP contribution in [0.25, 0.3) is 0 Å². The summed E-state index contributed by atoms with van der Waals surface area (Å²) < 4.78 is 0. The Kier molecular flexibility index (Phi) is 1.43. The van der Waals surface area contributed by atoms with Crippen LogP contribution in [0.1, 0.15) is 27.2 Å². The fraction of sp³-hybridized carbons (Fsp3) is 1.00. The van der Waals surface area contributed by atoms with Crippen LogP contribution in [0, 0.1) is 11.3 Å². The minimum absolute atomic E-state index is 0.536. The third-order valence-corrected chi connectivity index (χ3v) is 2.84. The standard InChI is InChI=1S/C7H13Br/c1-7(2,3)5-4-6(5)8/h5-6H,4H2,1-3H3/t5-,6?/m1/s1. The van der Waals surface area contributed by atoms with Crippen molar-refractivity contribution in [3.8, 4) is 0 Å². The summed E-state index contributed by atoms with van der Waals surface area (Å²) >= 11 is 3.58. The highest BCUT2D eigenvalue weighted by molar-refractivity contribution is 9.09. The van der Waals surface area contributed by atoms with E-state index in [9.17, 15) is 0 Å². The lowest BCUT2D eigenvalue weighted by Gasteiger charge is -2.16. The van der Waals surface area contributed by atoms with Gasteiger partial charge in [0.05, 0.1) is 0 Å². The van der Waals surface area contributed by atoms with Crippen molar-refractivity contribution < 1.29 is 0 Å². The molecule has 0 spiro atoms. The molecule has 8 heavy (non-hydrogen) atoms. The first kappa shape index (κ1) is 6.60. The Morgan fingerprint density at radius 2 is 1.75 bits per heavy atom. The second-order valence-corrected chi connectivity index (χ2v) is 4.90. The van der Waals surface area contributed by atoms with Crippen molar-refractivity contribution in [2.24, 2.45) is 11.3 Å². The van der Waals surface area contributed by atoms with Gasteiger partial charge in [-0.05, 0) is 17.8 Å². The average molecular weight is 177 g/mol. The Morgan fingerprint density at radius 1 is 1.38 bits per heavy atom. The Bertz CT molecular complexity index is 91.1. The molecule has 1 unspecified atom stereocenters. The lowest BCUT2D eigenvalue weighted by molar-refractivity contribution is 0.353. The highest BCUT2D eigenvalue weighted by Crippen LogP contribution is 2.49. The van der Waals surface area contributed by atoms with E-state index in [1.165, 1.54) is 6.42 Å². The molecule has 0 aromatic carbocycles. The largest absolute Gasteiger partial charge is 0.0887 e. The number of alkyl halides is 1. The first-order valence-electron chi connectivity index (χ1n) is 3.16. The molecule has 1 aliphatic rings. The molecule has 1 fully saturated rings. The van der Waals surface area contributed by atoms with Crippen molar-refractivity contribution >= 4 is 15.9 Å². The summed E-state index contributed by atoms with van der Waals surface area (Å²) in [5.74, 6) is 0.933. The second-order valence-electron chi connectivity index (χ2n) is 3.72. The maximum atomic E-state index is 3.58. The zero-order valence-corrected chi connectivity index (χ0v) is 7.33. The van der Waals surface area contributed by atoms with Crippen molar-refractivity contribution in [3.05, 3.63) is 0 Å². The summed E-state index contributed by atoms with van der Waals surface area (Å²) in [6.45, 7) is 6.91. The summed E-state index contributed by atoms with van der Waals surface area (Å²) in [5.41, 5.74) is 0.536. The SMILES string of the molecule is CC(C)(C)[C@@H]1CC1Br. The van der Waals surface area contributed by atoms with E-state index >= 15 is 0 Å². The van der Waals surface area contributed by atoms with E-state index in [4.69, 9.17) is 0 Å². The molecule has 1 heteroatoms. The van der Waals surface area contributed by atoms with Crippen molar-refractivity contribution in [1.29, 1.82) is 0 Å². The van der Waals surface area contributed by atoms with Crippen LogP contribution in [0.2, 0.25) is 0 Å². The molecule has 0 heterocycles. The van der Waals surface area contributed by atoms with Crippen LogP contribution in [-0.4, -0.2) is 4.83 Å². The van der Waals surface area contributed by atoms with Gasteiger partial charge in [-0.3, -0.25) is 0 Å². The van der Waals surface area contributed by atoms with Gasteiger partial charge < -0.3 is 0 Å². The summed E-state index contributed by atoms with van der Waals surface area (Å²) in [6, 6.07) is 0. The number of hydrogen-bond acceptors (Lipinski definition) is 0. The molecule has 48 valence electrons. The molecule has 2 atom stereocenters. The van der Waals surface area contributed by atoms with Gasteiger partial charge in [0.15, 0.2) is 0 Å². The number of rotatable bonds is 0. The van der Waals surface area contributed by atoms with E-state index < -0.39 is 0 Å². The minimum Gasteiger partial charge on any atom is -0.0887 e. The lowest BCUT2D eigenvalue weighted by atomic mass is 9.90. The number of halogens is 1. The summed E-state index contributed by atoms with van der Waals surface area (Å²) in [7, 11) is 0. The topological polar surface area (TPSA) is 0 Å². The fourth-order valence-electron chi connectivity index (χ4n) is 1.06.